The van der Waals surface area contributed by atoms with Gasteiger partial charge in [0.2, 0.25) is 0 Å². The van der Waals surface area contributed by atoms with E-state index >= 15 is 0 Å². The van der Waals surface area contributed by atoms with Crippen LogP contribution in [0.5, 0.6) is 0 Å². The maximum atomic E-state index is 2.59. The molecule has 0 saturated heterocycles. The van der Waals surface area contributed by atoms with E-state index in [-0.39, 0.29) is 0 Å². The van der Waals surface area contributed by atoms with E-state index in [1.165, 1.54) is 37.9 Å². The van der Waals surface area contributed by atoms with Crippen LogP contribution in [0.15, 0.2) is 64.5 Å². The van der Waals surface area contributed by atoms with Gasteiger partial charge in [0.1, 0.15) is 5.52 Å². The van der Waals surface area contributed by atoms with E-state index in [9.17, 15) is 0 Å². The first-order valence-electron chi connectivity index (χ1n) is 12.5. The zero-order valence-corrected chi connectivity index (χ0v) is 23.0. The average Bonchev–Trinajstić information content (AvgIpc) is 3.15. The maximum absolute atomic E-state index is 2.59. The summed E-state index contributed by atoms with van der Waals surface area (Å²) in [6.45, 7) is 4.29. The largest absolute Gasteiger partial charge is 0.338 e. The molecule has 1 aliphatic rings. The maximum Gasteiger partial charge on any atom is 0.277 e. The lowest BCUT2D eigenvalue weighted by Crippen LogP contribution is -2.42. The molecule has 6 heteroatoms. The van der Waals surface area contributed by atoms with Gasteiger partial charge in [-0.1, -0.05) is 42.1 Å². The highest BCUT2D eigenvalue weighted by molar-refractivity contribution is 8.03. The number of pyridine rings is 1. The van der Waals surface area contributed by atoms with E-state index in [1.807, 2.05) is 11.8 Å². The van der Waals surface area contributed by atoms with E-state index in [0.717, 1.165) is 39.0 Å². The van der Waals surface area contributed by atoms with Crippen molar-refractivity contribution in [2.75, 3.05) is 71.2 Å². The van der Waals surface area contributed by atoms with Gasteiger partial charge in [-0.15, -0.1) is 0 Å². The molecule has 0 saturated carbocycles. The third-order valence-corrected chi connectivity index (χ3v) is 7.81. The van der Waals surface area contributed by atoms with Gasteiger partial charge in [0.15, 0.2) is 0 Å². The second-order valence-corrected chi connectivity index (χ2v) is 11.0. The van der Waals surface area contributed by atoms with Crippen LogP contribution in [0.1, 0.15) is 18.4 Å². The summed E-state index contributed by atoms with van der Waals surface area (Å²) in [7, 11) is 13.0. The van der Waals surface area contributed by atoms with Crippen LogP contribution in [0.2, 0.25) is 0 Å². The number of aryl methyl sites for hydroxylation is 1. The number of nitrogens with zero attached hydrogens (tertiary/aromatic N) is 5. The molecule has 0 bridgehead atoms. The molecule has 0 radical (unpaired) electrons. The van der Waals surface area contributed by atoms with Crippen LogP contribution < -0.4 is 14.4 Å². The summed E-state index contributed by atoms with van der Waals surface area (Å²) >= 11 is 1.86. The van der Waals surface area contributed by atoms with Crippen LogP contribution in [-0.4, -0.2) is 71.2 Å². The lowest BCUT2D eigenvalue weighted by atomic mass is 10.1. The fourth-order valence-electron chi connectivity index (χ4n) is 4.75. The van der Waals surface area contributed by atoms with Gasteiger partial charge in [0, 0.05) is 36.5 Å². The Morgan fingerprint density at radius 2 is 1.49 bits per heavy atom. The number of hydrogen-bond acceptors (Lipinski definition) is 5. The first-order chi connectivity index (χ1) is 16.8. The molecule has 5 nitrogen and oxygen atoms in total. The van der Waals surface area contributed by atoms with Gasteiger partial charge in [-0.2, -0.15) is 0 Å². The molecule has 4 rings (SSSR count). The highest BCUT2D eigenvalue weighted by Crippen LogP contribution is 2.45. The Labute approximate surface area is 215 Å². The third-order valence-electron chi connectivity index (χ3n) is 6.65. The monoisotopic (exact) mass is 490 g/mol. The minimum atomic E-state index is 1.05. The van der Waals surface area contributed by atoms with Crippen LogP contribution in [0, 0.1) is 0 Å². The molecule has 0 amide bonds. The molecule has 0 atom stereocenters. The highest BCUT2D eigenvalue weighted by Gasteiger charge is 2.24. The van der Waals surface area contributed by atoms with Crippen LogP contribution in [0.4, 0.5) is 11.5 Å². The fourth-order valence-corrected chi connectivity index (χ4v) is 5.85. The van der Waals surface area contributed by atoms with Crippen molar-refractivity contribution in [1.29, 1.82) is 0 Å². The third kappa shape index (κ3) is 6.00. The summed E-state index contributed by atoms with van der Waals surface area (Å²) < 4.78 is 2.38. The molecular formula is C29H40N5S+. The molecule has 0 fully saturated rings. The summed E-state index contributed by atoms with van der Waals surface area (Å²) in [5.74, 6) is 1.29. The zero-order chi connectivity index (χ0) is 24.9. The molecule has 3 aromatic rings. The topological polar surface area (TPSA) is 16.8 Å². The van der Waals surface area contributed by atoms with E-state index in [1.54, 1.807) is 0 Å². The van der Waals surface area contributed by atoms with Gasteiger partial charge >= 0.3 is 0 Å². The first kappa shape index (κ1) is 25.5. The van der Waals surface area contributed by atoms with Gasteiger partial charge in [0.25, 0.3) is 5.82 Å². The number of hydrogen-bond donors (Lipinski definition) is 0. The van der Waals surface area contributed by atoms with Gasteiger partial charge in [-0.3, -0.25) is 4.90 Å². The molecule has 1 aliphatic heterocycles. The Hall–Kier alpha value is -2.54. The second kappa shape index (κ2) is 11.5. The van der Waals surface area contributed by atoms with Crippen molar-refractivity contribution in [1.82, 2.24) is 9.80 Å². The molecular weight excluding hydrogens is 450 g/mol. The van der Waals surface area contributed by atoms with Crippen molar-refractivity contribution in [3.8, 4) is 0 Å². The predicted molar refractivity (Wildman–Crippen MR) is 152 cm³/mol. The SMILES string of the molecule is CN(C)CCCN(CCCN(C)C)c1cc(/C=C2\Sc3ccccc3N2C)c2ccccc2[n+]1C. The molecule has 35 heavy (non-hydrogen) atoms. The Morgan fingerprint density at radius 1 is 0.857 bits per heavy atom. The smallest absolute Gasteiger partial charge is 0.277 e. The molecule has 0 unspecified atom stereocenters. The van der Waals surface area contributed by atoms with Gasteiger partial charge in [-0.25, -0.2) is 4.57 Å². The minimum absolute atomic E-state index is 1.05. The normalized spacial score (nSPS) is 14.5. The Balaban J connectivity index is 1.74. The van der Waals surface area contributed by atoms with E-state index in [4.69, 9.17) is 0 Å². The number of rotatable bonds is 10. The summed E-state index contributed by atoms with van der Waals surface area (Å²) in [4.78, 5) is 10.8. The van der Waals surface area contributed by atoms with Crippen molar-refractivity contribution < 1.29 is 4.57 Å². The van der Waals surface area contributed by atoms with Gasteiger partial charge in [0.05, 0.1) is 30.9 Å². The average molecular weight is 491 g/mol. The zero-order valence-electron chi connectivity index (χ0n) is 22.2. The van der Waals surface area contributed by atoms with Crippen molar-refractivity contribution in [3.05, 3.63) is 65.2 Å². The highest BCUT2D eigenvalue weighted by atomic mass is 32.2. The molecule has 0 N–H and O–H groups in total. The number of para-hydroxylation sites is 2. The number of fused-ring (bicyclic) bond motifs is 2. The van der Waals surface area contributed by atoms with Crippen LogP contribution in [0.3, 0.4) is 0 Å². The van der Waals surface area contributed by atoms with Gasteiger partial charge < -0.3 is 14.7 Å². The Bertz CT molecular complexity index is 1170. The molecule has 186 valence electrons. The number of benzene rings is 2. The summed E-state index contributed by atoms with van der Waals surface area (Å²) in [6, 6.07) is 19.9. The van der Waals surface area contributed by atoms with Crippen molar-refractivity contribution in [2.24, 2.45) is 7.05 Å². The van der Waals surface area contributed by atoms with Crippen LogP contribution >= 0.6 is 11.8 Å². The number of thioether (sulfide) groups is 1. The molecule has 2 heterocycles. The summed E-state index contributed by atoms with van der Waals surface area (Å²) in [6.07, 6.45) is 4.66. The molecule has 0 spiro atoms. The van der Waals surface area contributed by atoms with Crippen molar-refractivity contribution >= 4 is 40.2 Å². The molecule has 2 aromatic carbocycles. The van der Waals surface area contributed by atoms with Crippen LogP contribution in [-0.2, 0) is 7.05 Å². The summed E-state index contributed by atoms with van der Waals surface area (Å²) in [5, 5.41) is 2.56. The van der Waals surface area contributed by atoms with Crippen LogP contribution in [0.25, 0.3) is 17.0 Å². The van der Waals surface area contributed by atoms with Crippen molar-refractivity contribution in [2.45, 2.75) is 17.7 Å². The Kier molecular flexibility index (Phi) is 8.37. The lowest BCUT2D eigenvalue weighted by Gasteiger charge is -2.22. The Morgan fingerprint density at radius 3 is 2.14 bits per heavy atom. The quantitative estimate of drug-likeness (QED) is 0.374. The van der Waals surface area contributed by atoms with Gasteiger partial charge in [-0.05, 0) is 70.9 Å². The van der Waals surface area contributed by atoms with E-state index < -0.39 is 0 Å². The van der Waals surface area contributed by atoms with Crippen molar-refractivity contribution in [3.63, 3.8) is 0 Å². The van der Waals surface area contributed by atoms with E-state index in [0.29, 0.717) is 0 Å². The molecule has 0 aliphatic carbocycles. The minimum Gasteiger partial charge on any atom is -0.338 e. The predicted octanol–water partition coefficient (Wildman–Crippen LogP) is 4.91. The first-order valence-corrected chi connectivity index (χ1v) is 13.4. The second-order valence-electron chi connectivity index (χ2n) is 9.95. The lowest BCUT2D eigenvalue weighted by molar-refractivity contribution is -0.632. The van der Waals surface area contributed by atoms with E-state index in [2.05, 4.69) is 127 Å². The fraction of sp³-hybridized carbons (Fsp3) is 0.414. The number of anilines is 2. The standard InChI is InChI=1S/C29H40N5S/c1-30(2)17-11-19-34(20-12-18-31(3)4)28-21-23(24-13-7-8-14-25(24)32(28)5)22-29-33(6)26-15-9-10-16-27(26)35-29/h7-10,13-16,21-22H,11-12,17-20H2,1-6H3/q+1. The summed E-state index contributed by atoms with van der Waals surface area (Å²) in [5.41, 5.74) is 3.83. The number of aromatic nitrogens is 1. The molecule has 1 aromatic heterocycles.